The molecule has 0 saturated heterocycles. The fourth-order valence-corrected chi connectivity index (χ4v) is 1.54. The lowest BCUT2D eigenvalue weighted by Crippen LogP contribution is -2.26. The van der Waals surface area contributed by atoms with Gasteiger partial charge in [-0.1, -0.05) is 20.3 Å². The van der Waals surface area contributed by atoms with Crippen molar-refractivity contribution in [2.24, 2.45) is 0 Å². The summed E-state index contributed by atoms with van der Waals surface area (Å²) < 4.78 is 0. The molecule has 100 valence electrons. The fourth-order valence-electron chi connectivity index (χ4n) is 1.54. The van der Waals surface area contributed by atoms with Crippen LogP contribution >= 0.6 is 0 Å². The topological polar surface area (TPSA) is 66.9 Å². The van der Waals surface area contributed by atoms with Crippen LogP contribution in [0.3, 0.4) is 0 Å². The van der Waals surface area contributed by atoms with E-state index in [1.807, 2.05) is 13.0 Å². The molecule has 1 rings (SSSR count). The van der Waals surface area contributed by atoms with Crippen LogP contribution in [0.25, 0.3) is 0 Å². The van der Waals surface area contributed by atoms with Crippen LogP contribution in [-0.2, 0) is 11.2 Å². The van der Waals surface area contributed by atoms with E-state index in [0.717, 1.165) is 37.3 Å². The molecule has 0 radical (unpaired) electrons. The molecule has 0 aliphatic carbocycles. The van der Waals surface area contributed by atoms with Gasteiger partial charge < -0.3 is 10.6 Å². The van der Waals surface area contributed by atoms with E-state index in [1.165, 1.54) is 0 Å². The molecular weight excluding hydrogens is 228 g/mol. The number of amides is 1. The Hall–Kier alpha value is -1.65. The van der Waals surface area contributed by atoms with Crippen LogP contribution < -0.4 is 10.6 Å². The lowest BCUT2D eigenvalue weighted by Gasteiger charge is -2.07. The van der Waals surface area contributed by atoms with Gasteiger partial charge in [-0.05, 0) is 12.8 Å². The molecule has 0 saturated carbocycles. The van der Waals surface area contributed by atoms with Gasteiger partial charge in [-0.15, -0.1) is 0 Å². The monoisotopic (exact) mass is 250 g/mol. The molecule has 5 heteroatoms. The Kier molecular flexibility index (Phi) is 6.76. The second-order valence-electron chi connectivity index (χ2n) is 4.17. The minimum atomic E-state index is 0.0761. The number of carbonyl (C=O) groups excluding carboxylic acids is 1. The van der Waals surface area contributed by atoms with Crippen LogP contribution in [0.5, 0.6) is 0 Å². The highest BCUT2D eigenvalue weighted by atomic mass is 16.1. The second-order valence-corrected chi connectivity index (χ2v) is 4.17. The third kappa shape index (κ3) is 5.61. The van der Waals surface area contributed by atoms with Crippen molar-refractivity contribution < 1.29 is 4.79 Å². The largest absolute Gasteiger partial charge is 0.369 e. The Bertz CT molecular complexity index is 368. The van der Waals surface area contributed by atoms with Gasteiger partial charge >= 0.3 is 0 Å². The highest BCUT2D eigenvalue weighted by molar-refractivity contribution is 5.76. The molecule has 0 atom stereocenters. The number of nitrogens with zero attached hydrogens (tertiary/aromatic N) is 2. The van der Waals surface area contributed by atoms with E-state index in [9.17, 15) is 4.79 Å². The van der Waals surface area contributed by atoms with Crippen molar-refractivity contribution in [1.82, 2.24) is 15.3 Å². The Labute approximate surface area is 108 Å². The van der Waals surface area contributed by atoms with E-state index in [-0.39, 0.29) is 5.91 Å². The van der Waals surface area contributed by atoms with Gasteiger partial charge in [-0.3, -0.25) is 4.79 Å². The van der Waals surface area contributed by atoms with Crippen molar-refractivity contribution in [2.45, 2.75) is 39.5 Å². The number of aromatic nitrogens is 2. The van der Waals surface area contributed by atoms with Gasteiger partial charge in [0.1, 0.15) is 12.1 Å². The standard InChI is InChI=1S/C13H22N4O/c1-3-5-11-9-12(17-10-16-11)14-8-6-13(18)15-7-4-2/h9-10H,3-8H2,1-2H3,(H,15,18)(H,14,16,17). The fraction of sp³-hybridized carbons (Fsp3) is 0.615. The summed E-state index contributed by atoms with van der Waals surface area (Å²) in [6, 6.07) is 1.94. The molecule has 2 N–H and O–H groups in total. The molecule has 1 aromatic heterocycles. The summed E-state index contributed by atoms with van der Waals surface area (Å²) in [5, 5.41) is 5.98. The van der Waals surface area contributed by atoms with Crippen molar-refractivity contribution in [3.8, 4) is 0 Å². The van der Waals surface area contributed by atoms with Crippen LogP contribution in [0.2, 0.25) is 0 Å². The number of carbonyl (C=O) groups is 1. The molecule has 0 spiro atoms. The summed E-state index contributed by atoms with van der Waals surface area (Å²) in [6.45, 7) is 5.49. The highest BCUT2D eigenvalue weighted by Gasteiger charge is 2.01. The van der Waals surface area contributed by atoms with E-state index < -0.39 is 0 Å². The summed E-state index contributed by atoms with van der Waals surface area (Å²) in [4.78, 5) is 19.7. The molecule has 0 unspecified atom stereocenters. The maximum atomic E-state index is 11.4. The molecule has 0 fully saturated rings. The molecule has 0 aliphatic rings. The van der Waals surface area contributed by atoms with E-state index in [2.05, 4.69) is 27.5 Å². The summed E-state index contributed by atoms with van der Waals surface area (Å²) in [5.41, 5.74) is 1.03. The zero-order chi connectivity index (χ0) is 13.2. The molecule has 1 amide bonds. The third-order valence-electron chi connectivity index (χ3n) is 2.46. The van der Waals surface area contributed by atoms with Gasteiger partial charge in [0.25, 0.3) is 0 Å². The minimum Gasteiger partial charge on any atom is -0.369 e. The molecule has 0 aliphatic heterocycles. The maximum Gasteiger partial charge on any atom is 0.221 e. The Morgan fingerprint density at radius 2 is 2.06 bits per heavy atom. The van der Waals surface area contributed by atoms with Gasteiger partial charge in [0, 0.05) is 31.3 Å². The first-order chi connectivity index (χ1) is 8.76. The number of hydrogen-bond acceptors (Lipinski definition) is 4. The average Bonchev–Trinajstić information content (AvgIpc) is 2.37. The minimum absolute atomic E-state index is 0.0761. The number of hydrogen-bond donors (Lipinski definition) is 2. The first-order valence-corrected chi connectivity index (χ1v) is 6.57. The molecule has 18 heavy (non-hydrogen) atoms. The van der Waals surface area contributed by atoms with Crippen LogP contribution in [-0.4, -0.2) is 29.0 Å². The third-order valence-corrected chi connectivity index (χ3v) is 2.46. The number of rotatable bonds is 8. The summed E-state index contributed by atoms with van der Waals surface area (Å²) in [5.74, 6) is 0.865. The molecule has 5 nitrogen and oxygen atoms in total. The number of aryl methyl sites for hydroxylation is 1. The van der Waals surface area contributed by atoms with Crippen molar-refractivity contribution in [2.75, 3.05) is 18.4 Å². The Balaban J connectivity index is 2.30. The van der Waals surface area contributed by atoms with Crippen molar-refractivity contribution >= 4 is 11.7 Å². The van der Waals surface area contributed by atoms with Crippen molar-refractivity contribution in [3.05, 3.63) is 18.1 Å². The van der Waals surface area contributed by atoms with Crippen molar-refractivity contribution in [3.63, 3.8) is 0 Å². The average molecular weight is 250 g/mol. The first kappa shape index (κ1) is 14.4. The van der Waals surface area contributed by atoms with E-state index in [0.29, 0.717) is 13.0 Å². The maximum absolute atomic E-state index is 11.4. The summed E-state index contributed by atoms with van der Waals surface area (Å²) in [7, 11) is 0. The second kappa shape index (κ2) is 8.44. The molecule has 0 aromatic carbocycles. The molecule has 0 bridgehead atoms. The predicted octanol–water partition coefficient (Wildman–Crippen LogP) is 1.76. The summed E-state index contributed by atoms with van der Waals surface area (Å²) in [6.07, 6.45) is 5.01. The normalized spacial score (nSPS) is 10.1. The smallest absolute Gasteiger partial charge is 0.221 e. The predicted molar refractivity (Wildman–Crippen MR) is 72.4 cm³/mol. The number of nitrogens with one attached hydrogen (secondary N) is 2. The van der Waals surface area contributed by atoms with Gasteiger partial charge in [0.2, 0.25) is 5.91 Å². The summed E-state index contributed by atoms with van der Waals surface area (Å²) >= 11 is 0. The van der Waals surface area contributed by atoms with E-state index in [4.69, 9.17) is 0 Å². The Morgan fingerprint density at radius 1 is 1.22 bits per heavy atom. The lowest BCUT2D eigenvalue weighted by atomic mass is 10.2. The van der Waals surface area contributed by atoms with Gasteiger partial charge in [0.15, 0.2) is 0 Å². The van der Waals surface area contributed by atoms with Gasteiger partial charge in [-0.2, -0.15) is 0 Å². The van der Waals surface area contributed by atoms with Crippen LogP contribution in [0.15, 0.2) is 12.4 Å². The van der Waals surface area contributed by atoms with Crippen molar-refractivity contribution in [1.29, 1.82) is 0 Å². The van der Waals surface area contributed by atoms with Gasteiger partial charge in [0.05, 0.1) is 0 Å². The van der Waals surface area contributed by atoms with Crippen LogP contribution in [0, 0.1) is 0 Å². The number of anilines is 1. The quantitative estimate of drug-likeness (QED) is 0.737. The van der Waals surface area contributed by atoms with E-state index in [1.54, 1.807) is 6.33 Å². The SMILES string of the molecule is CCCNC(=O)CCNc1cc(CCC)ncn1. The van der Waals surface area contributed by atoms with Gasteiger partial charge in [-0.25, -0.2) is 9.97 Å². The zero-order valence-corrected chi connectivity index (χ0v) is 11.2. The van der Waals surface area contributed by atoms with Crippen LogP contribution in [0.4, 0.5) is 5.82 Å². The first-order valence-electron chi connectivity index (χ1n) is 6.57. The lowest BCUT2D eigenvalue weighted by molar-refractivity contribution is -0.120. The van der Waals surface area contributed by atoms with E-state index >= 15 is 0 Å². The highest BCUT2D eigenvalue weighted by Crippen LogP contribution is 2.05. The Morgan fingerprint density at radius 3 is 2.78 bits per heavy atom. The molecule has 1 aromatic rings. The molecular formula is C13H22N4O. The molecule has 1 heterocycles. The zero-order valence-electron chi connectivity index (χ0n) is 11.2. The van der Waals surface area contributed by atoms with Crippen LogP contribution in [0.1, 0.15) is 38.8 Å².